The number of ether oxygens (including phenoxy) is 2. The molecule has 186 valence electrons. The molecule has 3 aromatic carbocycles. The average Bonchev–Trinajstić information content (AvgIpc) is 2.95. The van der Waals surface area contributed by atoms with Gasteiger partial charge in [0.25, 0.3) is 11.8 Å². The summed E-state index contributed by atoms with van der Waals surface area (Å²) in [5, 5.41) is 2.90. The fourth-order valence-corrected chi connectivity index (χ4v) is 4.84. The fraction of sp³-hybridized carbons (Fsp3) is 0.333. The highest BCUT2D eigenvalue weighted by Crippen LogP contribution is 2.35. The number of piperidine rings is 1. The molecule has 2 aliphatic heterocycles. The highest BCUT2D eigenvalue weighted by Gasteiger charge is 2.33. The van der Waals surface area contributed by atoms with Gasteiger partial charge < -0.3 is 19.7 Å². The van der Waals surface area contributed by atoms with Crippen LogP contribution in [0.15, 0.2) is 72.8 Å². The Hall–Kier alpha value is -3.64. The standard InChI is InChI=1S/C30H32N2O4/c1-2-16-31-28(33)22-10-8-21(9-11-22)25-12-13-27-26(19-25)20-35-30(36-27)24-14-17-32(18-15-24)29(34)23-6-4-3-5-7-23/h3-13,19,24,30H,2,14-18,20H2,1H3,(H,31,33). The molecule has 1 N–H and O–H groups in total. The van der Waals surface area contributed by atoms with Gasteiger partial charge in [0.1, 0.15) is 5.75 Å². The van der Waals surface area contributed by atoms with Crippen molar-refractivity contribution in [2.75, 3.05) is 19.6 Å². The Bertz CT molecular complexity index is 1200. The molecular weight excluding hydrogens is 452 g/mol. The van der Waals surface area contributed by atoms with Crippen molar-refractivity contribution in [1.82, 2.24) is 10.2 Å². The average molecular weight is 485 g/mol. The summed E-state index contributed by atoms with van der Waals surface area (Å²) in [7, 11) is 0. The second-order valence-electron chi connectivity index (χ2n) is 9.45. The minimum Gasteiger partial charge on any atom is -0.464 e. The first kappa shape index (κ1) is 24.1. The Balaban J connectivity index is 1.18. The molecule has 0 aliphatic carbocycles. The zero-order chi connectivity index (χ0) is 24.9. The Morgan fingerprint density at radius 2 is 1.64 bits per heavy atom. The van der Waals surface area contributed by atoms with Crippen molar-refractivity contribution < 1.29 is 19.1 Å². The fourth-order valence-electron chi connectivity index (χ4n) is 4.84. The number of likely N-dealkylation sites (tertiary alicyclic amines) is 1. The van der Waals surface area contributed by atoms with Gasteiger partial charge >= 0.3 is 0 Å². The zero-order valence-corrected chi connectivity index (χ0v) is 20.6. The predicted molar refractivity (Wildman–Crippen MR) is 139 cm³/mol. The largest absolute Gasteiger partial charge is 0.464 e. The maximum absolute atomic E-state index is 12.7. The second-order valence-corrected chi connectivity index (χ2v) is 9.45. The third-order valence-electron chi connectivity index (χ3n) is 6.96. The van der Waals surface area contributed by atoms with E-state index in [1.165, 1.54) is 0 Å². The SMILES string of the molecule is CCCNC(=O)c1ccc(-c2ccc3c(c2)COC(C2CCN(C(=O)c4ccccc4)CC2)O3)cc1. The molecule has 3 aromatic rings. The Morgan fingerprint density at radius 1 is 0.917 bits per heavy atom. The van der Waals surface area contributed by atoms with Crippen LogP contribution < -0.4 is 10.1 Å². The summed E-state index contributed by atoms with van der Waals surface area (Å²) in [5.74, 6) is 1.15. The number of carbonyl (C=O) groups excluding carboxylic acids is 2. The third-order valence-corrected chi connectivity index (χ3v) is 6.96. The maximum atomic E-state index is 12.7. The van der Waals surface area contributed by atoms with Gasteiger partial charge in [-0.05, 0) is 66.8 Å². The molecule has 0 bridgehead atoms. The van der Waals surface area contributed by atoms with E-state index < -0.39 is 0 Å². The van der Waals surface area contributed by atoms with Crippen LogP contribution in [0.2, 0.25) is 0 Å². The molecule has 1 unspecified atom stereocenters. The predicted octanol–water partition coefficient (Wildman–Crippen LogP) is 5.28. The quantitative estimate of drug-likeness (QED) is 0.517. The molecule has 1 fully saturated rings. The van der Waals surface area contributed by atoms with Crippen LogP contribution in [0.25, 0.3) is 11.1 Å². The monoisotopic (exact) mass is 484 g/mol. The molecule has 6 heteroatoms. The summed E-state index contributed by atoms with van der Waals surface area (Å²) < 4.78 is 12.4. The normalized spacial score (nSPS) is 17.7. The molecule has 1 saturated heterocycles. The molecule has 6 nitrogen and oxygen atoms in total. The first-order chi connectivity index (χ1) is 17.6. The first-order valence-electron chi connectivity index (χ1n) is 12.8. The van der Waals surface area contributed by atoms with Crippen molar-refractivity contribution >= 4 is 11.8 Å². The molecule has 5 rings (SSSR count). The molecule has 36 heavy (non-hydrogen) atoms. The van der Waals surface area contributed by atoms with E-state index in [1.54, 1.807) is 0 Å². The van der Waals surface area contributed by atoms with E-state index in [0.29, 0.717) is 31.8 Å². The van der Waals surface area contributed by atoms with Crippen molar-refractivity contribution in [3.05, 3.63) is 89.5 Å². The van der Waals surface area contributed by atoms with Gasteiger partial charge in [-0.1, -0.05) is 43.3 Å². The lowest BCUT2D eigenvalue weighted by molar-refractivity contribution is -0.148. The zero-order valence-electron chi connectivity index (χ0n) is 20.6. The van der Waals surface area contributed by atoms with Crippen molar-refractivity contribution in [3.8, 4) is 16.9 Å². The summed E-state index contributed by atoms with van der Waals surface area (Å²) in [4.78, 5) is 26.8. The van der Waals surface area contributed by atoms with Gasteiger partial charge in [0.2, 0.25) is 6.29 Å². The summed E-state index contributed by atoms with van der Waals surface area (Å²) >= 11 is 0. The number of carbonyl (C=O) groups is 2. The van der Waals surface area contributed by atoms with Gasteiger partial charge in [-0.15, -0.1) is 0 Å². The topological polar surface area (TPSA) is 67.9 Å². The van der Waals surface area contributed by atoms with Crippen LogP contribution in [0.3, 0.4) is 0 Å². The van der Waals surface area contributed by atoms with Crippen LogP contribution in [0.5, 0.6) is 5.75 Å². The van der Waals surface area contributed by atoms with Gasteiger partial charge in [-0.25, -0.2) is 0 Å². The highest BCUT2D eigenvalue weighted by molar-refractivity contribution is 5.95. The number of hydrogen-bond donors (Lipinski definition) is 1. The van der Waals surface area contributed by atoms with Crippen LogP contribution in [-0.2, 0) is 11.3 Å². The molecule has 2 aliphatic rings. The number of nitrogens with zero attached hydrogens (tertiary/aromatic N) is 1. The molecule has 1 atom stereocenters. The Morgan fingerprint density at radius 3 is 2.36 bits per heavy atom. The van der Waals surface area contributed by atoms with Crippen LogP contribution in [-0.4, -0.2) is 42.6 Å². The van der Waals surface area contributed by atoms with Gasteiger partial charge in [0.05, 0.1) is 6.61 Å². The molecule has 0 radical (unpaired) electrons. The number of amides is 2. The van der Waals surface area contributed by atoms with Crippen molar-refractivity contribution in [2.45, 2.75) is 39.1 Å². The number of rotatable bonds is 6. The Kier molecular flexibility index (Phi) is 7.33. The van der Waals surface area contributed by atoms with E-state index in [-0.39, 0.29) is 24.0 Å². The van der Waals surface area contributed by atoms with E-state index in [0.717, 1.165) is 47.3 Å². The van der Waals surface area contributed by atoms with Crippen LogP contribution in [0.1, 0.15) is 52.5 Å². The lowest BCUT2D eigenvalue weighted by atomic mass is 9.94. The summed E-state index contributed by atoms with van der Waals surface area (Å²) in [6, 6.07) is 23.3. The molecule has 2 amide bonds. The number of nitrogens with one attached hydrogen (secondary N) is 1. The highest BCUT2D eigenvalue weighted by atomic mass is 16.7. The van der Waals surface area contributed by atoms with E-state index in [4.69, 9.17) is 9.47 Å². The minimum absolute atomic E-state index is 0.0445. The van der Waals surface area contributed by atoms with Crippen molar-refractivity contribution in [3.63, 3.8) is 0 Å². The lowest BCUT2D eigenvalue weighted by Gasteiger charge is -2.37. The smallest absolute Gasteiger partial charge is 0.253 e. The van der Waals surface area contributed by atoms with Crippen LogP contribution in [0.4, 0.5) is 0 Å². The van der Waals surface area contributed by atoms with E-state index in [1.807, 2.05) is 72.5 Å². The van der Waals surface area contributed by atoms with E-state index >= 15 is 0 Å². The maximum Gasteiger partial charge on any atom is 0.253 e. The molecule has 0 spiro atoms. The van der Waals surface area contributed by atoms with Crippen LogP contribution >= 0.6 is 0 Å². The minimum atomic E-state index is -0.293. The second kappa shape index (κ2) is 11.0. The van der Waals surface area contributed by atoms with Gasteiger partial charge in [0.15, 0.2) is 0 Å². The molecular formula is C30H32N2O4. The summed E-state index contributed by atoms with van der Waals surface area (Å²) in [6.45, 7) is 4.62. The number of benzene rings is 3. The van der Waals surface area contributed by atoms with Crippen molar-refractivity contribution in [1.29, 1.82) is 0 Å². The van der Waals surface area contributed by atoms with E-state index in [9.17, 15) is 9.59 Å². The summed E-state index contributed by atoms with van der Waals surface area (Å²) in [5.41, 5.74) is 4.52. The Labute approximate surface area is 212 Å². The number of fused-ring (bicyclic) bond motifs is 1. The van der Waals surface area contributed by atoms with Crippen LogP contribution in [0, 0.1) is 5.92 Å². The number of hydrogen-bond acceptors (Lipinski definition) is 4. The van der Waals surface area contributed by atoms with E-state index in [2.05, 4.69) is 17.4 Å². The lowest BCUT2D eigenvalue weighted by Crippen LogP contribution is -2.44. The van der Waals surface area contributed by atoms with Gasteiger partial charge in [-0.3, -0.25) is 9.59 Å². The molecule has 0 aromatic heterocycles. The third kappa shape index (κ3) is 5.29. The van der Waals surface area contributed by atoms with Gasteiger partial charge in [0, 0.05) is 42.2 Å². The summed E-state index contributed by atoms with van der Waals surface area (Å²) in [6.07, 6.45) is 2.33. The molecule has 2 heterocycles. The molecule has 0 saturated carbocycles. The first-order valence-corrected chi connectivity index (χ1v) is 12.8. The van der Waals surface area contributed by atoms with Crippen molar-refractivity contribution in [2.24, 2.45) is 5.92 Å². The van der Waals surface area contributed by atoms with Gasteiger partial charge in [-0.2, -0.15) is 0 Å².